The van der Waals surface area contributed by atoms with Crippen LogP contribution in [0, 0.1) is 5.92 Å². The van der Waals surface area contributed by atoms with Crippen molar-refractivity contribution in [2.75, 3.05) is 26.9 Å². The molecule has 0 spiro atoms. The lowest BCUT2D eigenvalue weighted by Crippen LogP contribution is -2.33. The Balaban J connectivity index is 2.13. The largest absolute Gasteiger partial charge is 0.463 e. The normalized spacial score (nSPS) is 21.1. The molecular weight excluding hydrogens is 246 g/mol. The third kappa shape index (κ3) is 3.36. The maximum atomic E-state index is 11.4. The highest BCUT2D eigenvalue weighted by Crippen LogP contribution is 2.30. The molecular formula is C14H21NO4. The second-order valence-corrected chi connectivity index (χ2v) is 4.71. The fraction of sp³-hybridized carbons (Fsp3) is 0.643. The van der Waals surface area contributed by atoms with Gasteiger partial charge in [0.1, 0.15) is 5.76 Å². The van der Waals surface area contributed by atoms with Crippen LogP contribution < -0.4 is 5.32 Å². The van der Waals surface area contributed by atoms with Gasteiger partial charge in [0.05, 0.1) is 19.8 Å². The van der Waals surface area contributed by atoms with Crippen molar-refractivity contribution in [3.05, 3.63) is 23.7 Å². The van der Waals surface area contributed by atoms with E-state index in [1.54, 1.807) is 6.07 Å². The van der Waals surface area contributed by atoms with E-state index in [2.05, 4.69) is 17.0 Å². The predicted octanol–water partition coefficient (Wildman–Crippen LogP) is 2.14. The van der Waals surface area contributed by atoms with Crippen LogP contribution in [0.1, 0.15) is 42.1 Å². The van der Waals surface area contributed by atoms with Crippen molar-refractivity contribution in [1.82, 2.24) is 5.32 Å². The summed E-state index contributed by atoms with van der Waals surface area (Å²) >= 11 is 0. The minimum Gasteiger partial charge on any atom is -0.463 e. The molecule has 1 aromatic rings. The van der Waals surface area contributed by atoms with Gasteiger partial charge in [0.2, 0.25) is 5.76 Å². The zero-order chi connectivity index (χ0) is 13.7. The van der Waals surface area contributed by atoms with E-state index in [-0.39, 0.29) is 11.8 Å². The van der Waals surface area contributed by atoms with Gasteiger partial charge < -0.3 is 19.2 Å². The molecule has 5 nitrogen and oxygen atoms in total. The van der Waals surface area contributed by atoms with Crippen LogP contribution >= 0.6 is 0 Å². The van der Waals surface area contributed by atoms with E-state index in [9.17, 15) is 4.79 Å². The van der Waals surface area contributed by atoms with Gasteiger partial charge in [-0.1, -0.05) is 6.92 Å². The molecule has 19 heavy (non-hydrogen) atoms. The molecule has 0 aromatic carbocycles. The molecule has 0 amide bonds. The van der Waals surface area contributed by atoms with Crippen molar-refractivity contribution in [1.29, 1.82) is 0 Å². The number of carbonyl (C=O) groups is 1. The van der Waals surface area contributed by atoms with Crippen molar-refractivity contribution in [3.8, 4) is 0 Å². The van der Waals surface area contributed by atoms with Crippen LogP contribution in [-0.2, 0) is 9.47 Å². The van der Waals surface area contributed by atoms with Crippen LogP contribution in [0.15, 0.2) is 16.5 Å². The number of rotatable bonds is 5. The number of nitrogens with one attached hydrogen (secondary N) is 1. The number of hydrogen-bond donors (Lipinski definition) is 1. The first-order valence-electron chi connectivity index (χ1n) is 6.75. The monoisotopic (exact) mass is 267 g/mol. The predicted molar refractivity (Wildman–Crippen MR) is 70.0 cm³/mol. The summed E-state index contributed by atoms with van der Waals surface area (Å²) in [5.74, 6) is 0.960. The molecule has 0 bridgehead atoms. The Morgan fingerprint density at radius 3 is 3.05 bits per heavy atom. The molecule has 2 rings (SSSR count). The molecule has 5 heteroatoms. The Bertz CT molecular complexity index is 409. The number of carbonyl (C=O) groups excluding carboxylic acids is 1. The van der Waals surface area contributed by atoms with Crippen LogP contribution in [0.2, 0.25) is 0 Å². The van der Waals surface area contributed by atoms with E-state index in [4.69, 9.17) is 9.15 Å². The number of furan rings is 1. The highest BCUT2D eigenvalue weighted by Gasteiger charge is 2.28. The summed E-state index contributed by atoms with van der Waals surface area (Å²) < 4.78 is 15.8. The smallest absolute Gasteiger partial charge is 0.373 e. The highest BCUT2D eigenvalue weighted by molar-refractivity contribution is 5.86. The molecule has 1 aliphatic rings. The highest BCUT2D eigenvalue weighted by atomic mass is 16.5. The Labute approximate surface area is 113 Å². The summed E-state index contributed by atoms with van der Waals surface area (Å²) in [5.41, 5.74) is 0. The van der Waals surface area contributed by atoms with Gasteiger partial charge in [-0.2, -0.15) is 0 Å². The lowest BCUT2D eigenvalue weighted by molar-refractivity contribution is 0.0350. The van der Waals surface area contributed by atoms with Gasteiger partial charge in [-0.25, -0.2) is 4.79 Å². The molecule has 1 aromatic heterocycles. The van der Waals surface area contributed by atoms with Gasteiger partial charge in [0, 0.05) is 12.5 Å². The van der Waals surface area contributed by atoms with Crippen molar-refractivity contribution in [3.63, 3.8) is 0 Å². The summed E-state index contributed by atoms with van der Waals surface area (Å²) in [4.78, 5) is 11.4. The number of ether oxygens (including phenoxy) is 2. The summed E-state index contributed by atoms with van der Waals surface area (Å²) in [7, 11) is 1.35. The van der Waals surface area contributed by atoms with Crippen molar-refractivity contribution < 1.29 is 18.7 Å². The third-order valence-corrected chi connectivity index (χ3v) is 3.41. The number of esters is 1. The van der Waals surface area contributed by atoms with E-state index in [1.807, 2.05) is 6.07 Å². The summed E-state index contributed by atoms with van der Waals surface area (Å²) in [6.45, 7) is 4.46. The first-order valence-corrected chi connectivity index (χ1v) is 6.75. The second kappa shape index (κ2) is 6.73. The molecule has 2 atom stereocenters. The zero-order valence-corrected chi connectivity index (χ0v) is 11.5. The fourth-order valence-corrected chi connectivity index (χ4v) is 2.48. The van der Waals surface area contributed by atoms with E-state index in [1.165, 1.54) is 7.11 Å². The lowest BCUT2D eigenvalue weighted by Gasteiger charge is -2.29. The lowest BCUT2D eigenvalue weighted by atomic mass is 9.92. The minimum absolute atomic E-state index is 0.0868. The molecule has 106 valence electrons. The number of methoxy groups -OCH3 is 1. The summed E-state index contributed by atoms with van der Waals surface area (Å²) in [6, 6.07) is 3.59. The topological polar surface area (TPSA) is 60.7 Å². The van der Waals surface area contributed by atoms with Crippen molar-refractivity contribution >= 4 is 5.97 Å². The maximum Gasteiger partial charge on any atom is 0.373 e. The van der Waals surface area contributed by atoms with Gasteiger partial charge in [0.25, 0.3) is 0 Å². The molecule has 0 radical (unpaired) electrons. The van der Waals surface area contributed by atoms with E-state index in [0.717, 1.165) is 38.4 Å². The van der Waals surface area contributed by atoms with E-state index in [0.29, 0.717) is 5.92 Å². The third-order valence-electron chi connectivity index (χ3n) is 3.41. The fourth-order valence-electron chi connectivity index (χ4n) is 2.48. The van der Waals surface area contributed by atoms with Gasteiger partial charge in [0.15, 0.2) is 0 Å². The molecule has 2 unspecified atom stereocenters. The molecule has 0 saturated carbocycles. The SMILES string of the molecule is CCNC(c1ccc(C(=O)OC)o1)C1CCCOC1. The van der Waals surface area contributed by atoms with Crippen LogP contribution in [-0.4, -0.2) is 32.8 Å². The van der Waals surface area contributed by atoms with Crippen LogP contribution in [0.3, 0.4) is 0 Å². The molecule has 2 heterocycles. The van der Waals surface area contributed by atoms with Gasteiger partial charge >= 0.3 is 5.97 Å². The van der Waals surface area contributed by atoms with Crippen LogP contribution in [0.25, 0.3) is 0 Å². The minimum atomic E-state index is -0.443. The average molecular weight is 267 g/mol. The Kier molecular flexibility index (Phi) is 4.99. The molecule has 0 aliphatic carbocycles. The van der Waals surface area contributed by atoms with Crippen molar-refractivity contribution in [2.24, 2.45) is 5.92 Å². The average Bonchev–Trinajstić information content (AvgIpc) is 2.94. The molecule has 1 aliphatic heterocycles. The van der Waals surface area contributed by atoms with Crippen LogP contribution in [0.5, 0.6) is 0 Å². The standard InChI is InChI=1S/C14H21NO4/c1-3-15-13(10-5-4-8-18-9-10)11-6-7-12(19-11)14(16)17-2/h6-7,10,13,15H,3-5,8-9H2,1-2H3. The summed E-state index contributed by atoms with van der Waals surface area (Å²) in [6.07, 6.45) is 2.17. The maximum absolute atomic E-state index is 11.4. The first kappa shape index (κ1) is 14.1. The van der Waals surface area contributed by atoms with Gasteiger partial charge in [-0.05, 0) is 31.5 Å². The molecule has 1 saturated heterocycles. The molecule has 1 fully saturated rings. The second-order valence-electron chi connectivity index (χ2n) is 4.71. The Morgan fingerprint density at radius 2 is 2.42 bits per heavy atom. The van der Waals surface area contributed by atoms with E-state index >= 15 is 0 Å². The zero-order valence-electron chi connectivity index (χ0n) is 11.5. The van der Waals surface area contributed by atoms with Gasteiger partial charge in [-0.3, -0.25) is 0 Å². The number of hydrogen-bond acceptors (Lipinski definition) is 5. The Morgan fingerprint density at radius 1 is 1.58 bits per heavy atom. The van der Waals surface area contributed by atoms with Crippen molar-refractivity contribution in [2.45, 2.75) is 25.8 Å². The van der Waals surface area contributed by atoms with Crippen LogP contribution in [0.4, 0.5) is 0 Å². The first-order chi connectivity index (χ1) is 9.26. The van der Waals surface area contributed by atoms with E-state index < -0.39 is 5.97 Å². The quantitative estimate of drug-likeness (QED) is 0.828. The Hall–Kier alpha value is -1.33. The molecule has 1 N–H and O–H groups in total. The summed E-state index contributed by atoms with van der Waals surface area (Å²) in [5, 5.41) is 3.41. The van der Waals surface area contributed by atoms with Gasteiger partial charge in [-0.15, -0.1) is 0 Å².